The molecule has 1 aromatic heterocycles. The summed E-state index contributed by atoms with van der Waals surface area (Å²) in [4.78, 5) is 32.1. The maximum atomic E-state index is 12.7. The van der Waals surface area contributed by atoms with Crippen molar-refractivity contribution >= 4 is 11.9 Å². The smallest absolute Gasteiger partial charge is 0.312 e. The molecule has 2 aliphatic heterocycles. The summed E-state index contributed by atoms with van der Waals surface area (Å²) in [7, 11) is 2.06. The van der Waals surface area contributed by atoms with E-state index >= 15 is 0 Å². The SMILES string of the molecule is CN(Cc1ccccc1)CC1CC2(CCN(C(=O)c3cc[nH]c3)CC2)C(=O)O1. The summed E-state index contributed by atoms with van der Waals surface area (Å²) in [6, 6.07) is 12.1. The zero-order chi connectivity index (χ0) is 19.6. The highest BCUT2D eigenvalue weighted by Crippen LogP contribution is 2.43. The monoisotopic (exact) mass is 381 g/mol. The van der Waals surface area contributed by atoms with E-state index in [2.05, 4.69) is 29.1 Å². The van der Waals surface area contributed by atoms with Crippen LogP contribution in [0.15, 0.2) is 48.8 Å². The number of H-pyrrole nitrogens is 1. The van der Waals surface area contributed by atoms with E-state index in [1.807, 2.05) is 23.1 Å². The predicted molar refractivity (Wildman–Crippen MR) is 106 cm³/mol. The number of nitrogens with one attached hydrogen (secondary N) is 1. The first-order valence-electron chi connectivity index (χ1n) is 9.91. The molecule has 1 atom stereocenters. The van der Waals surface area contributed by atoms with Crippen molar-refractivity contribution < 1.29 is 14.3 Å². The average Bonchev–Trinajstić information content (AvgIpc) is 3.32. The van der Waals surface area contributed by atoms with Gasteiger partial charge in [-0.2, -0.15) is 0 Å². The molecule has 6 heteroatoms. The van der Waals surface area contributed by atoms with Gasteiger partial charge in [0.1, 0.15) is 6.10 Å². The molecule has 0 aliphatic carbocycles. The van der Waals surface area contributed by atoms with E-state index in [0.29, 0.717) is 31.5 Å². The Bertz CT molecular complexity index is 811. The molecule has 4 rings (SSSR count). The summed E-state index contributed by atoms with van der Waals surface area (Å²) in [6.07, 6.45) is 5.51. The highest BCUT2D eigenvalue weighted by molar-refractivity contribution is 5.94. The summed E-state index contributed by atoms with van der Waals surface area (Å²) in [5.41, 5.74) is 1.50. The van der Waals surface area contributed by atoms with Crippen molar-refractivity contribution in [2.24, 2.45) is 5.41 Å². The lowest BCUT2D eigenvalue weighted by Gasteiger charge is -2.36. The van der Waals surface area contributed by atoms with E-state index in [1.165, 1.54) is 5.56 Å². The van der Waals surface area contributed by atoms with Gasteiger partial charge in [0.25, 0.3) is 5.91 Å². The van der Waals surface area contributed by atoms with Crippen LogP contribution in [0.25, 0.3) is 0 Å². The number of nitrogens with zero attached hydrogens (tertiary/aromatic N) is 2. The van der Waals surface area contributed by atoms with Gasteiger partial charge < -0.3 is 14.6 Å². The number of ether oxygens (including phenoxy) is 1. The van der Waals surface area contributed by atoms with Crippen LogP contribution in [0.4, 0.5) is 0 Å². The van der Waals surface area contributed by atoms with Gasteiger partial charge in [-0.05, 0) is 31.5 Å². The number of rotatable bonds is 5. The second kappa shape index (κ2) is 7.80. The summed E-state index contributed by atoms with van der Waals surface area (Å²) in [6.45, 7) is 2.77. The normalized spacial score (nSPS) is 21.3. The fourth-order valence-electron chi connectivity index (χ4n) is 4.43. The molecule has 1 aromatic carbocycles. The van der Waals surface area contributed by atoms with Gasteiger partial charge in [-0.3, -0.25) is 14.5 Å². The molecule has 3 heterocycles. The topological polar surface area (TPSA) is 65.6 Å². The Morgan fingerprint density at radius 3 is 2.68 bits per heavy atom. The van der Waals surface area contributed by atoms with E-state index in [-0.39, 0.29) is 18.0 Å². The zero-order valence-electron chi connectivity index (χ0n) is 16.3. The van der Waals surface area contributed by atoms with Crippen molar-refractivity contribution in [1.82, 2.24) is 14.8 Å². The van der Waals surface area contributed by atoms with Crippen molar-refractivity contribution in [1.29, 1.82) is 0 Å². The number of aromatic amines is 1. The van der Waals surface area contributed by atoms with Crippen molar-refractivity contribution in [3.63, 3.8) is 0 Å². The number of benzene rings is 1. The number of carbonyl (C=O) groups excluding carboxylic acids is 2. The molecule has 1 unspecified atom stereocenters. The van der Waals surface area contributed by atoms with E-state index < -0.39 is 5.41 Å². The van der Waals surface area contributed by atoms with Crippen LogP contribution in [0.1, 0.15) is 35.2 Å². The maximum absolute atomic E-state index is 12.7. The highest BCUT2D eigenvalue weighted by atomic mass is 16.6. The Labute approximate surface area is 165 Å². The summed E-state index contributed by atoms with van der Waals surface area (Å²) >= 11 is 0. The maximum Gasteiger partial charge on any atom is 0.312 e. The first kappa shape index (κ1) is 18.7. The first-order chi connectivity index (χ1) is 13.6. The number of hydrogen-bond acceptors (Lipinski definition) is 4. The van der Waals surface area contributed by atoms with Gasteiger partial charge in [-0.15, -0.1) is 0 Å². The number of esters is 1. The molecular formula is C22H27N3O3. The molecule has 0 bridgehead atoms. The van der Waals surface area contributed by atoms with E-state index in [4.69, 9.17) is 4.74 Å². The molecule has 0 radical (unpaired) electrons. The fourth-order valence-corrected chi connectivity index (χ4v) is 4.43. The molecule has 1 spiro atoms. The molecular weight excluding hydrogens is 354 g/mol. The van der Waals surface area contributed by atoms with Crippen LogP contribution in [-0.4, -0.2) is 59.4 Å². The van der Waals surface area contributed by atoms with Gasteiger partial charge in [-0.1, -0.05) is 30.3 Å². The molecule has 2 aliphatic rings. The molecule has 1 amide bonds. The van der Waals surface area contributed by atoms with E-state index in [0.717, 1.165) is 19.5 Å². The first-order valence-corrected chi connectivity index (χ1v) is 9.91. The second-order valence-corrected chi connectivity index (χ2v) is 8.09. The fraction of sp³-hybridized carbons (Fsp3) is 0.455. The third-order valence-electron chi connectivity index (χ3n) is 5.99. The number of hydrogen-bond donors (Lipinski definition) is 1. The molecule has 1 N–H and O–H groups in total. The summed E-state index contributed by atoms with van der Waals surface area (Å²) in [5.74, 6) is -0.0547. The second-order valence-electron chi connectivity index (χ2n) is 8.09. The van der Waals surface area contributed by atoms with Crippen LogP contribution in [0.5, 0.6) is 0 Å². The van der Waals surface area contributed by atoms with Gasteiger partial charge in [0.2, 0.25) is 0 Å². The van der Waals surface area contributed by atoms with Crippen LogP contribution in [0.3, 0.4) is 0 Å². The van der Waals surface area contributed by atoms with Crippen LogP contribution in [0.2, 0.25) is 0 Å². The van der Waals surface area contributed by atoms with Crippen molar-refractivity contribution in [3.05, 3.63) is 59.9 Å². The van der Waals surface area contributed by atoms with Gasteiger partial charge in [0.05, 0.1) is 11.0 Å². The van der Waals surface area contributed by atoms with Gasteiger partial charge in [0, 0.05) is 45.0 Å². The number of likely N-dealkylation sites (tertiary alicyclic amines) is 1. The molecule has 2 fully saturated rings. The van der Waals surface area contributed by atoms with Gasteiger partial charge in [0.15, 0.2) is 0 Å². The van der Waals surface area contributed by atoms with Gasteiger partial charge >= 0.3 is 5.97 Å². The predicted octanol–water partition coefficient (Wildman–Crippen LogP) is 2.68. The lowest BCUT2D eigenvalue weighted by atomic mass is 9.76. The standard InChI is InChI=1S/C22H27N3O3/c1-24(15-17-5-3-2-4-6-17)16-19-13-22(21(27)28-19)8-11-25(12-9-22)20(26)18-7-10-23-14-18/h2-7,10,14,19,23H,8-9,11-13,15-16H2,1H3. The lowest BCUT2D eigenvalue weighted by Crippen LogP contribution is -2.45. The number of carbonyl (C=O) groups is 2. The number of likely N-dealkylation sites (N-methyl/N-ethyl adjacent to an activating group) is 1. The molecule has 2 saturated heterocycles. The van der Waals surface area contributed by atoms with E-state index in [1.54, 1.807) is 18.5 Å². The molecule has 148 valence electrons. The third kappa shape index (κ3) is 3.83. The number of piperidine rings is 1. The van der Waals surface area contributed by atoms with Crippen LogP contribution >= 0.6 is 0 Å². The van der Waals surface area contributed by atoms with Crippen molar-refractivity contribution in [2.75, 3.05) is 26.7 Å². The Hall–Kier alpha value is -2.60. The quantitative estimate of drug-likeness (QED) is 0.809. The van der Waals surface area contributed by atoms with Crippen LogP contribution in [0, 0.1) is 5.41 Å². The lowest BCUT2D eigenvalue weighted by molar-refractivity contribution is -0.151. The minimum Gasteiger partial charge on any atom is -0.461 e. The van der Waals surface area contributed by atoms with Gasteiger partial charge in [-0.25, -0.2) is 0 Å². The number of cyclic esters (lactones) is 1. The average molecular weight is 381 g/mol. The van der Waals surface area contributed by atoms with Crippen molar-refractivity contribution in [2.45, 2.75) is 31.9 Å². The molecule has 28 heavy (non-hydrogen) atoms. The largest absolute Gasteiger partial charge is 0.461 e. The Kier molecular flexibility index (Phi) is 5.22. The Morgan fingerprint density at radius 1 is 1.25 bits per heavy atom. The summed E-state index contributed by atoms with van der Waals surface area (Å²) in [5, 5.41) is 0. The molecule has 0 saturated carbocycles. The number of aromatic nitrogens is 1. The van der Waals surface area contributed by atoms with Crippen molar-refractivity contribution in [3.8, 4) is 0 Å². The summed E-state index contributed by atoms with van der Waals surface area (Å²) < 4.78 is 5.74. The minimum absolute atomic E-state index is 0.0293. The Morgan fingerprint density at radius 2 is 2.00 bits per heavy atom. The molecule has 6 nitrogen and oxygen atoms in total. The number of amides is 1. The third-order valence-corrected chi connectivity index (χ3v) is 5.99. The zero-order valence-corrected chi connectivity index (χ0v) is 16.3. The van der Waals surface area contributed by atoms with Crippen LogP contribution in [-0.2, 0) is 16.1 Å². The Balaban J connectivity index is 1.31. The van der Waals surface area contributed by atoms with E-state index in [9.17, 15) is 9.59 Å². The minimum atomic E-state index is -0.423. The van der Waals surface area contributed by atoms with Crippen LogP contribution < -0.4 is 0 Å². The highest BCUT2D eigenvalue weighted by Gasteiger charge is 2.50. The molecule has 2 aromatic rings.